The van der Waals surface area contributed by atoms with Crippen molar-refractivity contribution < 1.29 is 23.9 Å². The molecular formula is C34H55N5O5. The van der Waals surface area contributed by atoms with Crippen molar-refractivity contribution in [2.75, 3.05) is 59.0 Å². The number of morpholine rings is 1. The lowest BCUT2D eigenvalue weighted by Crippen LogP contribution is -2.69. The normalized spacial score (nSPS) is 20.5. The maximum Gasteiger partial charge on any atom is 0.411 e. The van der Waals surface area contributed by atoms with Gasteiger partial charge in [-0.2, -0.15) is 0 Å². The SMILES string of the molecule is CCCCN(C(=O)OC(C)(C)C)C1(C(=O)NC2(C(=O)NCCN3CCOCC3)CCN(Cc3ccccc3)CC2)CCCC1. The number of hydrogen-bond donors (Lipinski definition) is 2. The first-order valence-electron chi connectivity index (χ1n) is 16.7. The van der Waals surface area contributed by atoms with Crippen molar-refractivity contribution in [1.29, 1.82) is 0 Å². The highest BCUT2D eigenvalue weighted by Gasteiger charge is 2.53. The van der Waals surface area contributed by atoms with Crippen molar-refractivity contribution in [3.05, 3.63) is 35.9 Å². The fourth-order valence-corrected chi connectivity index (χ4v) is 6.69. The van der Waals surface area contributed by atoms with Gasteiger partial charge in [-0.05, 0) is 58.4 Å². The number of ether oxygens (including phenoxy) is 2. The molecule has 2 aliphatic heterocycles. The number of hydrogen-bond acceptors (Lipinski definition) is 7. The van der Waals surface area contributed by atoms with Gasteiger partial charge in [-0.3, -0.25) is 24.3 Å². The van der Waals surface area contributed by atoms with Crippen LogP contribution in [-0.2, 0) is 25.6 Å². The largest absolute Gasteiger partial charge is 0.444 e. The molecule has 4 rings (SSSR count). The second kappa shape index (κ2) is 15.5. The van der Waals surface area contributed by atoms with E-state index in [1.54, 1.807) is 4.90 Å². The lowest BCUT2D eigenvalue weighted by molar-refractivity contribution is -0.142. The standard InChI is InChI=1S/C34H55N5O5/c1-5-6-19-39(31(42)44-32(2,3)4)34(14-10-11-15-34)30(41)36-33(29(40)35-18-22-37-23-25-43-26-24-37)16-20-38(21-17-33)27-28-12-8-7-9-13-28/h7-9,12-13H,5-6,10-11,14-27H2,1-4H3,(H,35,40)(H,36,41). The number of rotatable bonds is 12. The highest BCUT2D eigenvalue weighted by Crippen LogP contribution is 2.38. The van der Waals surface area contributed by atoms with Gasteiger partial charge in [0, 0.05) is 52.4 Å². The highest BCUT2D eigenvalue weighted by molar-refractivity contribution is 5.96. The molecule has 0 aromatic heterocycles. The minimum absolute atomic E-state index is 0.135. The third-order valence-corrected chi connectivity index (χ3v) is 9.28. The summed E-state index contributed by atoms with van der Waals surface area (Å²) in [5, 5.41) is 6.47. The molecule has 10 nitrogen and oxygen atoms in total. The summed E-state index contributed by atoms with van der Waals surface area (Å²) >= 11 is 0. The monoisotopic (exact) mass is 613 g/mol. The number of carbonyl (C=O) groups is 3. The van der Waals surface area contributed by atoms with Crippen LogP contribution in [0.5, 0.6) is 0 Å². The van der Waals surface area contributed by atoms with Crippen LogP contribution in [0.1, 0.15) is 84.6 Å². The van der Waals surface area contributed by atoms with Crippen LogP contribution in [0.4, 0.5) is 4.79 Å². The Morgan fingerprint density at radius 3 is 2.20 bits per heavy atom. The van der Waals surface area contributed by atoms with Crippen molar-refractivity contribution in [2.24, 2.45) is 0 Å². The van der Waals surface area contributed by atoms with Gasteiger partial charge in [-0.1, -0.05) is 56.5 Å². The first kappa shape index (κ1) is 34.2. The maximum atomic E-state index is 14.5. The van der Waals surface area contributed by atoms with E-state index in [-0.39, 0.29) is 11.8 Å². The molecule has 0 spiro atoms. The van der Waals surface area contributed by atoms with Gasteiger partial charge in [0.1, 0.15) is 16.7 Å². The summed E-state index contributed by atoms with van der Waals surface area (Å²) in [7, 11) is 0. The van der Waals surface area contributed by atoms with Gasteiger partial charge in [0.25, 0.3) is 0 Å². The minimum atomic E-state index is -1.05. The molecule has 1 aromatic rings. The van der Waals surface area contributed by atoms with Crippen LogP contribution >= 0.6 is 0 Å². The molecule has 1 aliphatic carbocycles. The van der Waals surface area contributed by atoms with Gasteiger partial charge < -0.3 is 20.1 Å². The molecule has 0 unspecified atom stereocenters. The third kappa shape index (κ3) is 8.95. The fraction of sp³-hybridized carbons (Fsp3) is 0.735. The molecular weight excluding hydrogens is 558 g/mol. The number of benzene rings is 1. The van der Waals surface area contributed by atoms with Gasteiger partial charge in [0.15, 0.2) is 0 Å². The molecule has 3 fully saturated rings. The van der Waals surface area contributed by atoms with E-state index >= 15 is 0 Å². The van der Waals surface area contributed by atoms with E-state index in [1.165, 1.54) is 5.56 Å². The van der Waals surface area contributed by atoms with Gasteiger partial charge in [0.2, 0.25) is 11.8 Å². The van der Waals surface area contributed by atoms with Crippen LogP contribution in [0.15, 0.2) is 30.3 Å². The summed E-state index contributed by atoms with van der Waals surface area (Å²) in [5.74, 6) is -0.360. The number of nitrogens with zero attached hydrogens (tertiary/aromatic N) is 3. The number of piperidine rings is 1. The smallest absolute Gasteiger partial charge is 0.411 e. The predicted octanol–water partition coefficient (Wildman–Crippen LogP) is 3.94. The molecule has 3 aliphatic rings. The summed E-state index contributed by atoms with van der Waals surface area (Å²) in [5.41, 5.74) is -1.52. The van der Waals surface area contributed by atoms with E-state index < -0.39 is 22.8 Å². The van der Waals surface area contributed by atoms with Crippen LogP contribution in [0.3, 0.4) is 0 Å². The molecule has 2 saturated heterocycles. The van der Waals surface area contributed by atoms with E-state index in [9.17, 15) is 14.4 Å². The molecule has 2 heterocycles. The predicted molar refractivity (Wildman–Crippen MR) is 171 cm³/mol. The summed E-state index contributed by atoms with van der Waals surface area (Å²) in [4.78, 5) is 48.5. The Morgan fingerprint density at radius 2 is 1.59 bits per heavy atom. The Morgan fingerprint density at radius 1 is 0.932 bits per heavy atom. The van der Waals surface area contributed by atoms with Crippen molar-refractivity contribution in [1.82, 2.24) is 25.3 Å². The van der Waals surface area contributed by atoms with Crippen molar-refractivity contribution in [2.45, 2.75) is 102 Å². The van der Waals surface area contributed by atoms with Gasteiger partial charge >= 0.3 is 6.09 Å². The summed E-state index contributed by atoms with van der Waals surface area (Å²) in [6.45, 7) is 14.6. The molecule has 0 radical (unpaired) electrons. The average molecular weight is 614 g/mol. The summed E-state index contributed by atoms with van der Waals surface area (Å²) in [6, 6.07) is 10.3. The van der Waals surface area contributed by atoms with E-state index in [2.05, 4.69) is 39.5 Å². The topological polar surface area (TPSA) is 103 Å². The third-order valence-electron chi connectivity index (χ3n) is 9.28. The summed E-state index contributed by atoms with van der Waals surface area (Å²) in [6.07, 6.45) is 5.06. The molecule has 246 valence electrons. The molecule has 3 amide bonds. The van der Waals surface area contributed by atoms with Crippen LogP contribution in [0, 0.1) is 0 Å². The molecule has 44 heavy (non-hydrogen) atoms. The molecule has 10 heteroatoms. The maximum absolute atomic E-state index is 14.5. The zero-order valence-corrected chi connectivity index (χ0v) is 27.5. The Kier molecular flexibility index (Phi) is 12.1. The van der Waals surface area contributed by atoms with E-state index in [1.807, 2.05) is 39.0 Å². The van der Waals surface area contributed by atoms with Gasteiger partial charge in [-0.15, -0.1) is 0 Å². The molecule has 0 atom stereocenters. The number of amides is 3. The van der Waals surface area contributed by atoms with Crippen molar-refractivity contribution >= 4 is 17.9 Å². The summed E-state index contributed by atoms with van der Waals surface area (Å²) < 4.78 is 11.3. The Hall–Kier alpha value is -2.69. The van der Waals surface area contributed by atoms with E-state index in [4.69, 9.17) is 9.47 Å². The van der Waals surface area contributed by atoms with Gasteiger partial charge in [-0.25, -0.2) is 4.79 Å². The number of unbranched alkanes of at least 4 members (excludes halogenated alkanes) is 1. The highest BCUT2D eigenvalue weighted by atomic mass is 16.6. The quantitative estimate of drug-likeness (QED) is 0.368. The first-order valence-corrected chi connectivity index (χ1v) is 16.7. The van der Waals surface area contributed by atoms with Crippen LogP contribution in [0.25, 0.3) is 0 Å². The van der Waals surface area contributed by atoms with Crippen LogP contribution in [-0.4, -0.2) is 108 Å². The first-order chi connectivity index (χ1) is 21.1. The van der Waals surface area contributed by atoms with Crippen molar-refractivity contribution in [3.8, 4) is 0 Å². The van der Waals surface area contributed by atoms with Crippen molar-refractivity contribution in [3.63, 3.8) is 0 Å². The van der Waals surface area contributed by atoms with E-state index in [0.717, 1.165) is 51.9 Å². The van der Waals surface area contributed by atoms with Crippen LogP contribution in [0.2, 0.25) is 0 Å². The molecule has 2 N–H and O–H groups in total. The molecule has 1 aromatic carbocycles. The molecule has 0 bridgehead atoms. The lowest BCUT2D eigenvalue weighted by atomic mass is 9.83. The fourth-order valence-electron chi connectivity index (χ4n) is 6.69. The number of likely N-dealkylation sites (tertiary alicyclic amines) is 1. The van der Waals surface area contributed by atoms with Crippen LogP contribution < -0.4 is 10.6 Å². The van der Waals surface area contributed by atoms with Gasteiger partial charge in [0.05, 0.1) is 13.2 Å². The Bertz CT molecular complexity index is 1070. The second-order valence-corrected chi connectivity index (χ2v) is 13.7. The molecule has 1 saturated carbocycles. The number of nitrogens with one attached hydrogen (secondary N) is 2. The second-order valence-electron chi connectivity index (χ2n) is 13.7. The Balaban J connectivity index is 1.53. The average Bonchev–Trinajstić information content (AvgIpc) is 3.50. The number of carbonyl (C=O) groups excluding carboxylic acids is 3. The lowest BCUT2D eigenvalue weighted by Gasteiger charge is -2.45. The van der Waals surface area contributed by atoms with E-state index in [0.29, 0.717) is 65.1 Å². The Labute approximate surface area is 264 Å². The zero-order valence-electron chi connectivity index (χ0n) is 27.5. The zero-order chi connectivity index (χ0) is 31.6. The minimum Gasteiger partial charge on any atom is -0.444 e.